The van der Waals surface area contributed by atoms with Crippen LogP contribution in [0.4, 0.5) is 0 Å². The Hall–Kier alpha value is -0.200. The molecular formula is C22H46O5. The maximum atomic E-state index is 10.1. The van der Waals surface area contributed by atoms with Crippen molar-refractivity contribution in [2.45, 2.75) is 103 Å². The summed E-state index contributed by atoms with van der Waals surface area (Å²) in [5, 5.41) is 20.2. The smallest absolute Gasteiger partial charge is 0.0567 e. The minimum atomic E-state index is -0.298. The number of hydrogen-bond donors (Lipinski definition) is 2. The summed E-state index contributed by atoms with van der Waals surface area (Å²) in [4.78, 5) is 0. The van der Waals surface area contributed by atoms with Crippen LogP contribution in [0.1, 0.15) is 79.1 Å². The van der Waals surface area contributed by atoms with Crippen LogP contribution < -0.4 is 0 Å². The van der Waals surface area contributed by atoms with Gasteiger partial charge in [-0.25, -0.2) is 0 Å². The zero-order valence-corrected chi connectivity index (χ0v) is 18.7. The third-order valence-corrected chi connectivity index (χ3v) is 5.69. The molecule has 0 spiro atoms. The van der Waals surface area contributed by atoms with Crippen molar-refractivity contribution in [1.82, 2.24) is 0 Å². The van der Waals surface area contributed by atoms with E-state index in [9.17, 15) is 10.2 Å². The van der Waals surface area contributed by atoms with E-state index in [1.54, 1.807) is 14.2 Å². The van der Waals surface area contributed by atoms with Gasteiger partial charge in [-0.15, -0.1) is 0 Å². The molecule has 0 aliphatic heterocycles. The summed E-state index contributed by atoms with van der Waals surface area (Å²) in [6.07, 6.45) is 6.69. The average molecular weight is 391 g/mol. The Morgan fingerprint density at radius 2 is 1.04 bits per heavy atom. The molecule has 0 saturated heterocycles. The standard InChI is InChI=1S/C22H46O5/c1-7-19(9-11-21(23)13-17(3)25-5)15-27-16-20(8-2)10-12-22(24)14-18(4)26-6/h17-24H,7-16H2,1-6H3. The van der Waals surface area contributed by atoms with Crippen LogP contribution in [-0.4, -0.2) is 62.1 Å². The number of ether oxygens (including phenoxy) is 3. The van der Waals surface area contributed by atoms with Gasteiger partial charge in [-0.1, -0.05) is 26.7 Å². The molecule has 0 aliphatic rings. The lowest BCUT2D eigenvalue weighted by Gasteiger charge is -2.22. The predicted octanol–water partition coefficient (Wildman–Crippen LogP) is 4.19. The van der Waals surface area contributed by atoms with Crippen LogP contribution in [0.5, 0.6) is 0 Å². The van der Waals surface area contributed by atoms with Crippen molar-refractivity contribution >= 4 is 0 Å². The first-order valence-electron chi connectivity index (χ1n) is 10.8. The molecule has 0 rings (SSSR count). The third kappa shape index (κ3) is 14.5. The molecule has 0 bridgehead atoms. The lowest BCUT2D eigenvalue weighted by molar-refractivity contribution is 0.0326. The van der Waals surface area contributed by atoms with E-state index in [2.05, 4.69) is 13.8 Å². The molecule has 0 aromatic carbocycles. The fraction of sp³-hybridized carbons (Fsp3) is 1.00. The van der Waals surface area contributed by atoms with E-state index in [0.29, 0.717) is 24.7 Å². The van der Waals surface area contributed by atoms with Crippen LogP contribution in [0.2, 0.25) is 0 Å². The van der Waals surface area contributed by atoms with Gasteiger partial charge in [-0.2, -0.15) is 0 Å². The topological polar surface area (TPSA) is 68.2 Å². The first-order valence-corrected chi connectivity index (χ1v) is 10.8. The number of aliphatic hydroxyl groups excluding tert-OH is 2. The zero-order valence-electron chi connectivity index (χ0n) is 18.7. The second-order valence-electron chi connectivity index (χ2n) is 8.11. The van der Waals surface area contributed by atoms with E-state index < -0.39 is 0 Å². The zero-order chi connectivity index (χ0) is 20.7. The Kier molecular flexibility index (Phi) is 16.6. The molecule has 6 unspecified atom stereocenters. The first kappa shape index (κ1) is 26.8. The Morgan fingerprint density at radius 1 is 0.667 bits per heavy atom. The quantitative estimate of drug-likeness (QED) is 0.367. The molecule has 0 heterocycles. The second-order valence-corrected chi connectivity index (χ2v) is 8.11. The highest BCUT2D eigenvalue weighted by atomic mass is 16.5. The van der Waals surface area contributed by atoms with Gasteiger partial charge >= 0.3 is 0 Å². The van der Waals surface area contributed by atoms with Gasteiger partial charge in [0, 0.05) is 27.4 Å². The number of aliphatic hydroxyl groups is 2. The van der Waals surface area contributed by atoms with Gasteiger partial charge in [0.25, 0.3) is 0 Å². The largest absolute Gasteiger partial charge is 0.393 e. The summed E-state index contributed by atoms with van der Waals surface area (Å²) >= 11 is 0. The second kappa shape index (κ2) is 16.7. The lowest BCUT2D eigenvalue weighted by Crippen LogP contribution is -2.21. The number of rotatable bonds is 18. The summed E-state index contributed by atoms with van der Waals surface area (Å²) < 4.78 is 16.4. The Bertz CT molecular complexity index is 296. The van der Waals surface area contributed by atoms with Gasteiger partial charge in [0.1, 0.15) is 0 Å². The molecule has 27 heavy (non-hydrogen) atoms. The highest BCUT2D eigenvalue weighted by Crippen LogP contribution is 2.19. The Labute approximate surface area is 167 Å². The first-order chi connectivity index (χ1) is 12.9. The van der Waals surface area contributed by atoms with Crippen molar-refractivity contribution in [3.63, 3.8) is 0 Å². The molecule has 0 radical (unpaired) electrons. The number of methoxy groups -OCH3 is 2. The molecule has 6 atom stereocenters. The fourth-order valence-electron chi connectivity index (χ4n) is 3.26. The third-order valence-electron chi connectivity index (χ3n) is 5.69. The minimum absolute atomic E-state index is 0.101. The Morgan fingerprint density at radius 3 is 1.33 bits per heavy atom. The van der Waals surface area contributed by atoms with Crippen molar-refractivity contribution in [3.8, 4) is 0 Å². The summed E-state index contributed by atoms with van der Waals surface area (Å²) in [6, 6.07) is 0. The van der Waals surface area contributed by atoms with Crippen molar-refractivity contribution in [3.05, 3.63) is 0 Å². The highest BCUT2D eigenvalue weighted by molar-refractivity contribution is 4.67. The van der Waals surface area contributed by atoms with E-state index in [4.69, 9.17) is 14.2 Å². The van der Waals surface area contributed by atoms with Crippen molar-refractivity contribution in [1.29, 1.82) is 0 Å². The average Bonchev–Trinajstić information content (AvgIpc) is 2.66. The summed E-state index contributed by atoms with van der Waals surface area (Å²) in [5.41, 5.74) is 0. The molecule has 0 saturated carbocycles. The molecule has 0 amide bonds. The summed E-state index contributed by atoms with van der Waals surface area (Å²) in [5.74, 6) is 0.978. The van der Waals surface area contributed by atoms with Gasteiger partial charge < -0.3 is 24.4 Å². The van der Waals surface area contributed by atoms with Crippen molar-refractivity contribution < 1.29 is 24.4 Å². The number of hydrogen-bond acceptors (Lipinski definition) is 5. The highest BCUT2D eigenvalue weighted by Gasteiger charge is 2.16. The molecule has 0 fully saturated rings. The molecule has 0 aliphatic carbocycles. The minimum Gasteiger partial charge on any atom is -0.393 e. The van der Waals surface area contributed by atoms with Crippen LogP contribution in [0.3, 0.4) is 0 Å². The molecule has 5 nitrogen and oxygen atoms in total. The van der Waals surface area contributed by atoms with Crippen LogP contribution in [0.15, 0.2) is 0 Å². The van der Waals surface area contributed by atoms with E-state index in [-0.39, 0.29) is 24.4 Å². The van der Waals surface area contributed by atoms with Crippen LogP contribution in [0, 0.1) is 11.8 Å². The van der Waals surface area contributed by atoms with Crippen LogP contribution in [-0.2, 0) is 14.2 Å². The predicted molar refractivity (Wildman–Crippen MR) is 111 cm³/mol. The molecular weight excluding hydrogens is 344 g/mol. The monoisotopic (exact) mass is 390 g/mol. The Balaban J connectivity index is 4.02. The lowest BCUT2D eigenvalue weighted by atomic mass is 9.96. The normalized spacial score (nSPS) is 18.7. The maximum absolute atomic E-state index is 10.1. The van der Waals surface area contributed by atoms with E-state index >= 15 is 0 Å². The summed E-state index contributed by atoms with van der Waals surface area (Å²) in [7, 11) is 3.36. The van der Waals surface area contributed by atoms with E-state index in [1.165, 1.54) is 0 Å². The van der Waals surface area contributed by atoms with Crippen LogP contribution >= 0.6 is 0 Å². The van der Waals surface area contributed by atoms with Crippen LogP contribution in [0.25, 0.3) is 0 Å². The summed E-state index contributed by atoms with van der Waals surface area (Å²) in [6.45, 7) is 9.85. The fourth-order valence-corrected chi connectivity index (χ4v) is 3.26. The molecule has 0 aromatic rings. The molecule has 5 heteroatoms. The molecule has 2 N–H and O–H groups in total. The SMILES string of the molecule is CCC(CCC(O)CC(C)OC)COCC(CC)CCC(O)CC(C)OC. The van der Waals surface area contributed by atoms with Gasteiger partial charge in [0.15, 0.2) is 0 Å². The van der Waals surface area contributed by atoms with Gasteiger partial charge in [0.05, 0.1) is 24.4 Å². The molecule has 0 aromatic heterocycles. The van der Waals surface area contributed by atoms with E-state index in [0.717, 1.165) is 51.7 Å². The van der Waals surface area contributed by atoms with Gasteiger partial charge in [-0.3, -0.25) is 0 Å². The van der Waals surface area contributed by atoms with E-state index in [1.807, 2.05) is 13.8 Å². The van der Waals surface area contributed by atoms with Crippen molar-refractivity contribution in [2.24, 2.45) is 11.8 Å². The van der Waals surface area contributed by atoms with Gasteiger partial charge in [-0.05, 0) is 64.2 Å². The maximum Gasteiger partial charge on any atom is 0.0567 e. The van der Waals surface area contributed by atoms with Crippen molar-refractivity contribution in [2.75, 3.05) is 27.4 Å². The van der Waals surface area contributed by atoms with Gasteiger partial charge in [0.2, 0.25) is 0 Å². The molecule has 164 valence electrons.